The molecule has 0 bridgehead atoms. The van der Waals surface area contributed by atoms with Crippen LogP contribution in [0.3, 0.4) is 0 Å². The molecule has 2 unspecified atom stereocenters. The van der Waals surface area contributed by atoms with Crippen molar-refractivity contribution in [1.82, 2.24) is 15.3 Å². The summed E-state index contributed by atoms with van der Waals surface area (Å²) in [5.41, 5.74) is 2.81. The summed E-state index contributed by atoms with van der Waals surface area (Å²) in [6.07, 6.45) is 6.32. The fourth-order valence-electron chi connectivity index (χ4n) is 3.35. The third-order valence-corrected chi connectivity index (χ3v) is 4.79. The van der Waals surface area contributed by atoms with E-state index in [0.29, 0.717) is 0 Å². The van der Waals surface area contributed by atoms with Gasteiger partial charge in [-0.25, -0.2) is 4.39 Å². The molecule has 0 saturated carbocycles. The second kappa shape index (κ2) is 7.89. The number of rotatable bonds is 5. The van der Waals surface area contributed by atoms with Gasteiger partial charge in [-0.05, 0) is 50.5 Å². The average molecular weight is 344 g/mol. The van der Waals surface area contributed by atoms with Crippen LogP contribution in [0.2, 0.25) is 0 Å². The minimum atomic E-state index is -0.239. The molecule has 1 saturated heterocycles. The molecule has 3 rings (SSSR count). The van der Waals surface area contributed by atoms with Gasteiger partial charge < -0.3 is 15.3 Å². The van der Waals surface area contributed by atoms with Crippen molar-refractivity contribution in [1.29, 1.82) is 0 Å². The Hall–Kier alpha value is -2.05. The molecule has 2 heterocycles. The molecule has 5 nitrogen and oxygen atoms in total. The number of nitrogens with one attached hydrogen (secondary N) is 1. The summed E-state index contributed by atoms with van der Waals surface area (Å²) < 4.78 is 13.9. The molecule has 0 radical (unpaired) electrons. The second-order valence-corrected chi connectivity index (χ2v) is 6.66. The molecule has 2 atom stereocenters. The minimum absolute atomic E-state index is 0.00277. The summed E-state index contributed by atoms with van der Waals surface area (Å²) in [4.78, 5) is 10.7. The Morgan fingerprint density at radius 1 is 1.20 bits per heavy atom. The highest BCUT2D eigenvalue weighted by Gasteiger charge is 2.22. The highest BCUT2D eigenvalue weighted by atomic mass is 19.1. The van der Waals surface area contributed by atoms with Crippen LogP contribution in [0.15, 0.2) is 36.8 Å². The molecule has 1 aliphatic heterocycles. The normalized spacial score (nSPS) is 18.2. The van der Waals surface area contributed by atoms with E-state index in [1.165, 1.54) is 6.07 Å². The topological polar surface area (TPSA) is 61.3 Å². The lowest BCUT2D eigenvalue weighted by Gasteiger charge is -2.34. The Morgan fingerprint density at radius 3 is 2.64 bits per heavy atom. The van der Waals surface area contributed by atoms with Gasteiger partial charge >= 0.3 is 0 Å². The van der Waals surface area contributed by atoms with Crippen molar-refractivity contribution in [2.24, 2.45) is 0 Å². The van der Waals surface area contributed by atoms with Crippen molar-refractivity contribution in [3.05, 3.63) is 53.9 Å². The first kappa shape index (κ1) is 17.8. The predicted octanol–water partition coefficient (Wildman–Crippen LogP) is 2.99. The van der Waals surface area contributed by atoms with Crippen LogP contribution < -0.4 is 10.2 Å². The van der Waals surface area contributed by atoms with Crippen molar-refractivity contribution in [3.8, 4) is 0 Å². The molecule has 0 amide bonds. The Bertz CT molecular complexity index is 689. The van der Waals surface area contributed by atoms with Crippen LogP contribution in [0, 0.1) is 5.82 Å². The number of halogens is 1. The standard InChI is InChI=1S/C19H25FN4O/c1-13(23-14(2)18-12-21-7-8-22-18)17-11-15(20)3-4-19(17)24-9-5-16(25)6-10-24/h3-4,7-8,11-14,16,23,25H,5-6,9-10H2,1-2H3. The molecular formula is C19H25FN4O. The largest absolute Gasteiger partial charge is 0.393 e. The van der Waals surface area contributed by atoms with Crippen molar-refractivity contribution in [2.45, 2.75) is 44.9 Å². The zero-order chi connectivity index (χ0) is 17.8. The fourth-order valence-corrected chi connectivity index (χ4v) is 3.35. The molecule has 2 aromatic rings. The van der Waals surface area contributed by atoms with Crippen molar-refractivity contribution < 1.29 is 9.50 Å². The van der Waals surface area contributed by atoms with E-state index in [9.17, 15) is 9.50 Å². The smallest absolute Gasteiger partial charge is 0.123 e. The zero-order valence-electron chi connectivity index (χ0n) is 14.7. The number of hydrogen-bond donors (Lipinski definition) is 2. The van der Waals surface area contributed by atoms with Crippen LogP contribution in [0.25, 0.3) is 0 Å². The molecule has 0 aliphatic carbocycles. The first-order chi connectivity index (χ1) is 12.0. The maximum atomic E-state index is 13.9. The monoisotopic (exact) mass is 344 g/mol. The van der Waals surface area contributed by atoms with Crippen molar-refractivity contribution >= 4 is 5.69 Å². The molecule has 25 heavy (non-hydrogen) atoms. The quantitative estimate of drug-likeness (QED) is 0.873. The summed E-state index contributed by atoms with van der Waals surface area (Å²) >= 11 is 0. The van der Waals surface area contributed by atoms with Crippen LogP contribution in [0.1, 0.15) is 50.0 Å². The van der Waals surface area contributed by atoms with Gasteiger partial charge in [0.25, 0.3) is 0 Å². The van der Waals surface area contributed by atoms with Gasteiger partial charge in [0.05, 0.1) is 11.8 Å². The lowest BCUT2D eigenvalue weighted by molar-refractivity contribution is 0.145. The van der Waals surface area contributed by atoms with Crippen LogP contribution in [-0.4, -0.2) is 34.3 Å². The van der Waals surface area contributed by atoms with Crippen LogP contribution >= 0.6 is 0 Å². The maximum absolute atomic E-state index is 13.9. The van der Waals surface area contributed by atoms with Gasteiger partial charge in [-0.3, -0.25) is 9.97 Å². The highest BCUT2D eigenvalue weighted by molar-refractivity contribution is 5.55. The third-order valence-electron chi connectivity index (χ3n) is 4.79. The summed E-state index contributed by atoms with van der Waals surface area (Å²) in [5.74, 6) is -0.239. The van der Waals surface area contributed by atoms with E-state index >= 15 is 0 Å². The highest BCUT2D eigenvalue weighted by Crippen LogP contribution is 2.30. The van der Waals surface area contributed by atoms with E-state index in [1.807, 2.05) is 19.9 Å². The van der Waals surface area contributed by atoms with E-state index in [0.717, 1.165) is 42.9 Å². The van der Waals surface area contributed by atoms with Gasteiger partial charge in [-0.1, -0.05) is 0 Å². The number of aromatic nitrogens is 2. The molecule has 6 heteroatoms. The van der Waals surface area contributed by atoms with E-state index in [1.54, 1.807) is 24.7 Å². The lowest BCUT2D eigenvalue weighted by atomic mass is 10.0. The molecule has 134 valence electrons. The van der Waals surface area contributed by atoms with E-state index in [4.69, 9.17) is 0 Å². The summed E-state index contributed by atoms with van der Waals surface area (Å²) in [6, 6.07) is 4.90. The molecule has 2 N–H and O–H groups in total. The van der Waals surface area contributed by atoms with Crippen molar-refractivity contribution in [3.63, 3.8) is 0 Å². The van der Waals surface area contributed by atoms with Gasteiger partial charge in [0.1, 0.15) is 5.82 Å². The van der Waals surface area contributed by atoms with E-state index < -0.39 is 0 Å². The number of nitrogens with zero attached hydrogens (tertiary/aromatic N) is 3. The Labute approximate surface area is 147 Å². The first-order valence-corrected chi connectivity index (χ1v) is 8.79. The molecule has 1 aromatic heterocycles. The Kier molecular flexibility index (Phi) is 5.60. The van der Waals surface area contributed by atoms with Crippen molar-refractivity contribution in [2.75, 3.05) is 18.0 Å². The Morgan fingerprint density at radius 2 is 1.96 bits per heavy atom. The van der Waals surface area contributed by atoms with E-state index in [-0.39, 0.29) is 24.0 Å². The fraction of sp³-hybridized carbons (Fsp3) is 0.474. The van der Waals surface area contributed by atoms with Gasteiger partial charge in [-0.15, -0.1) is 0 Å². The van der Waals surface area contributed by atoms with Crippen LogP contribution in [-0.2, 0) is 0 Å². The van der Waals surface area contributed by atoms with E-state index in [2.05, 4.69) is 20.2 Å². The Balaban J connectivity index is 1.79. The molecular weight excluding hydrogens is 319 g/mol. The number of hydrogen-bond acceptors (Lipinski definition) is 5. The SMILES string of the molecule is CC(NC(C)c1cc(F)ccc1N1CCC(O)CC1)c1cnccn1. The summed E-state index contributed by atoms with van der Waals surface area (Å²) in [6.45, 7) is 5.62. The number of aliphatic hydroxyl groups excluding tert-OH is 1. The number of aliphatic hydroxyl groups is 1. The third kappa shape index (κ3) is 4.32. The lowest BCUT2D eigenvalue weighted by Crippen LogP contribution is -2.37. The number of benzene rings is 1. The van der Waals surface area contributed by atoms with Crippen LogP contribution in [0.5, 0.6) is 0 Å². The van der Waals surface area contributed by atoms with Gasteiger partial charge in [-0.2, -0.15) is 0 Å². The molecule has 1 fully saturated rings. The molecule has 1 aromatic carbocycles. The zero-order valence-corrected chi connectivity index (χ0v) is 14.7. The predicted molar refractivity (Wildman–Crippen MR) is 95.9 cm³/mol. The minimum Gasteiger partial charge on any atom is -0.393 e. The summed E-state index contributed by atoms with van der Waals surface area (Å²) in [7, 11) is 0. The summed E-state index contributed by atoms with van der Waals surface area (Å²) in [5, 5.41) is 13.2. The van der Waals surface area contributed by atoms with Gasteiger partial charge in [0.2, 0.25) is 0 Å². The van der Waals surface area contributed by atoms with Gasteiger partial charge in [0, 0.05) is 49.5 Å². The average Bonchev–Trinajstić information content (AvgIpc) is 2.63. The molecule has 1 aliphatic rings. The van der Waals surface area contributed by atoms with Crippen LogP contribution in [0.4, 0.5) is 10.1 Å². The second-order valence-electron chi connectivity index (χ2n) is 6.66. The number of anilines is 1. The maximum Gasteiger partial charge on any atom is 0.123 e. The number of piperidine rings is 1. The van der Waals surface area contributed by atoms with Gasteiger partial charge in [0.15, 0.2) is 0 Å². The molecule has 0 spiro atoms. The first-order valence-electron chi connectivity index (χ1n) is 8.79.